The van der Waals surface area contributed by atoms with E-state index in [0.717, 1.165) is 32.2 Å². The van der Waals surface area contributed by atoms with Crippen molar-refractivity contribution >= 4 is 0 Å². The molecule has 2 saturated heterocycles. The van der Waals surface area contributed by atoms with Crippen LogP contribution in [0.2, 0.25) is 0 Å². The minimum Gasteiger partial charge on any atom is -0.371 e. The highest BCUT2D eigenvalue weighted by Gasteiger charge is 2.51. The summed E-state index contributed by atoms with van der Waals surface area (Å²) < 4.78 is 12.2. The van der Waals surface area contributed by atoms with Crippen LogP contribution in [0.15, 0.2) is 0 Å². The molecule has 3 nitrogen and oxygen atoms in total. The molecule has 1 N–H and O–H groups in total. The molecule has 0 bridgehead atoms. The van der Waals surface area contributed by atoms with E-state index < -0.39 is 0 Å². The van der Waals surface area contributed by atoms with Gasteiger partial charge in [0.2, 0.25) is 0 Å². The fraction of sp³-hybridized carbons (Fsp3) is 1.00. The van der Waals surface area contributed by atoms with Gasteiger partial charge in [0, 0.05) is 13.0 Å². The van der Waals surface area contributed by atoms with Crippen molar-refractivity contribution in [1.29, 1.82) is 0 Å². The van der Waals surface area contributed by atoms with Crippen LogP contribution in [-0.2, 0) is 9.47 Å². The number of ether oxygens (including phenoxy) is 2. The molecular weight excluding hydrogens is 202 g/mol. The molecule has 3 heteroatoms. The summed E-state index contributed by atoms with van der Waals surface area (Å²) in [6.07, 6.45) is 4.24. The van der Waals surface area contributed by atoms with E-state index in [-0.39, 0.29) is 16.9 Å². The van der Waals surface area contributed by atoms with Crippen molar-refractivity contribution in [2.45, 2.75) is 70.3 Å². The van der Waals surface area contributed by atoms with Crippen LogP contribution in [0.1, 0.15) is 53.4 Å². The lowest BCUT2D eigenvalue weighted by atomic mass is 9.88. The predicted octanol–water partition coefficient (Wildman–Crippen LogP) is 2.45. The zero-order chi connectivity index (χ0) is 11.9. The molecule has 2 aliphatic rings. The van der Waals surface area contributed by atoms with Crippen LogP contribution in [0.4, 0.5) is 0 Å². The molecule has 16 heavy (non-hydrogen) atoms. The summed E-state index contributed by atoms with van der Waals surface area (Å²) in [5.41, 5.74) is -0.222. The predicted molar refractivity (Wildman–Crippen MR) is 64.4 cm³/mol. The monoisotopic (exact) mass is 227 g/mol. The van der Waals surface area contributed by atoms with Gasteiger partial charge >= 0.3 is 0 Å². The van der Waals surface area contributed by atoms with Gasteiger partial charge in [-0.3, -0.25) is 5.32 Å². The van der Waals surface area contributed by atoms with E-state index in [4.69, 9.17) is 9.47 Å². The quantitative estimate of drug-likeness (QED) is 0.786. The van der Waals surface area contributed by atoms with E-state index in [1.807, 2.05) is 0 Å². The van der Waals surface area contributed by atoms with Crippen molar-refractivity contribution in [2.24, 2.45) is 0 Å². The van der Waals surface area contributed by atoms with Crippen molar-refractivity contribution in [3.8, 4) is 0 Å². The Morgan fingerprint density at radius 1 is 1.19 bits per heavy atom. The zero-order valence-electron chi connectivity index (χ0n) is 11.1. The molecule has 2 rings (SSSR count). The van der Waals surface area contributed by atoms with Gasteiger partial charge in [-0.1, -0.05) is 13.8 Å². The molecule has 1 spiro atoms. The van der Waals surface area contributed by atoms with Crippen LogP contribution in [0.25, 0.3) is 0 Å². The Bertz CT molecular complexity index is 261. The Morgan fingerprint density at radius 2 is 1.88 bits per heavy atom. The van der Waals surface area contributed by atoms with E-state index in [1.54, 1.807) is 0 Å². The zero-order valence-corrected chi connectivity index (χ0v) is 11.1. The molecule has 0 radical (unpaired) electrons. The topological polar surface area (TPSA) is 30.5 Å². The molecular formula is C13H25NO2. The molecule has 0 amide bonds. The van der Waals surface area contributed by atoms with Gasteiger partial charge in [0.15, 0.2) is 0 Å². The second-order valence-electron chi connectivity index (χ2n) is 5.89. The first kappa shape index (κ1) is 12.3. The fourth-order valence-corrected chi connectivity index (χ4v) is 3.05. The van der Waals surface area contributed by atoms with Gasteiger partial charge in [0.25, 0.3) is 0 Å². The van der Waals surface area contributed by atoms with Gasteiger partial charge in [0.1, 0.15) is 5.72 Å². The lowest BCUT2D eigenvalue weighted by molar-refractivity contribution is -0.202. The van der Waals surface area contributed by atoms with Gasteiger partial charge in [-0.2, -0.15) is 0 Å². The second-order valence-corrected chi connectivity index (χ2v) is 5.89. The number of hydrogen-bond acceptors (Lipinski definition) is 3. The third-order valence-electron chi connectivity index (χ3n) is 4.14. The summed E-state index contributed by atoms with van der Waals surface area (Å²) >= 11 is 0. The Balaban J connectivity index is 2.13. The highest BCUT2D eigenvalue weighted by atomic mass is 16.6. The Morgan fingerprint density at radius 3 is 2.38 bits per heavy atom. The molecule has 2 heterocycles. The van der Waals surface area contributed by atoms with Crippen LogP contribution in [0, 0.1) is 0 Å². The summed E-state index contributed by atoms with van der Waals surface area (Å²) in [5, 5.41) is 3.53. The van der Waals surface area contributed by atoms with Gasteiger partial charge in [-0.25, -0.2) is 0 Å². The van der Waals surface area contributed by atoms with Crippen LogP contribution in [0.3, 0.4) is 0 Å². The minimum atomic E-state index is -0.228. The molecule has 0 aromatic rings. The summed E-state index contributed by atoms with van der Waals surface area (Å²) in [6.45, 7) is 10.5. The SMILES string of the molecule is CCC1(CC)CCNC2(COC(C)(C)C2)O1. The normalized spacial score (nSPS) is 36.8. The maximum absolute atomic E-state index is 6.42. The molecule has 1 atom stereocenters. The molecule has 0 aromatic carbocycles. The lowest BCUT2D eigenvalue weighted by Gasteiger charge is -2.46. The molecule has 0 aromatic heterocycles. The Hall–Kier alpha value is -0.120. The van der Waals surface area contributed by atoms with E-state index in [0.29, 0.717) is 6.61 Å². The maximum atomic E-state index is 6.42. The minimum absolute atomic E-state index is 0.0580. The average Bonchev–Trinajstić information content (AvgIpc) is 2.54. The van der Waals surface area contributed by atoms with Crippen LogP contribution < -0.4 is 5.32 Å². The molecule has 2 fully saturated rings. The number of rotatable bonds is 2. The van der Waals surface area contributed by atoms with E-state index in [2.05, 4.69) is 33.0 Å². The summed E-state index contributed by atoms with van der Waals surface area (Å²) in [5.74, 6) is 0. The molecule has 2 aliphatic heterocycles. The number of hydrogen-bond donors (Lipinski definition) is 1. The van der Waals surface area contributed by atoms with Crippen molar-refractivity contribution in [3.63, 3.8) is 0 Å². The highest BCUT2D eigenvalue weighted by molar-refractivity contribution is 4.99. The molecule has 1 unspecified atom stereocenters. The Labute approximate surface area is 98.9 Å². The van der Waals surface area contributed by atoms with Gasteiger partial charge in [0.05, 0.1) is 17.8 Å². The standard InChI is InChI=1S/C13H25NO2/c1-5-12(6-2)7-8-14-13(16-12)9-11(3,4)15-10-13/h14H,5-10H2,1-4H3. The second kappa shape index (κ2) is 3.97. The first-order valence-electron chi connectivity index (χ1n) is 6.54. The molecule has 0 saturated carbocycles. The van der Waals surface area contributed by atoms with Gasteiger partial charge in [-0.15, -0.1) is 0 Å². The van der Waals surface area contributed by atoms with E-state index in [9.17, 15) is 0 Å². The maximum Gasteiger partial charge on any atom is 0.146 e. The van der Waals surface area contributed by atoms with Crippen molar-refractivity contribution in [3.05, 3.63) is 0 Å². The largest absolute Gasteiger partial charge is 0.371 e. The fourth-order valence-electron chi connectivity index (χ4n) is 3.05. The Kier molecular flexibility index (Phi) is 3.06. The van der Waals surface area contributed by atoms with Crippen LogP contribution in [-0.4, -0.2) is 30.1 Å². The van der Waals surface area contributed by atoms with Crippen molar-refractivity contribution < 1.29 is 9.47 Å². The molecule has 94 valence electrons. The third-order valence-corrected chi connectivity index (χ3v) is 4.14. The first-order valence-corrected chi connectivity index (χ1v) is 6.54. The summed E-state index contributed by atoms with van der Waals surface area (Å²) in [7, 11) is 0. The van der Waals surface area contributed by atoms with E-state index in [1.165, 1.54) is 0 Å². The highest BCUT2D eigenvalue weighted by Crippen LogP contribution is 2.41. The smallest absolute Gasteiger partial charge is 0.146 e. The first-order chi connectivity index (χ1) is 7.45. The van der Waals surface area contributed by atoms with Crippen molar-refractivity contribution in [2.75, 3.05) is 13.2 Å². The van der Waals surface area contributed by atoms with Gasteiger partial charge in [-0.05, 0) is 33.1 Å². The van der Waals surface area contributed by atoms with Crippen LogP contribution in [0.5, 0.6) is 0 Å². The van der Waals surface area contributed by atoms with Crippen molar-refractivity contribution in [1.82, 2.24) is 5.32 Å². The van der Waals surface area contributed by atoms with Gasteiger partial charge < -0.3 is 9.47 Å². The molecule has 0 aliphatic carbocycles. The number of nitrogens with one attached hydrogen (secondary N) is 1. The average molecular weight is 227 g/mol. The van der Waals surface area contributed by atoms with Crippen LogP contribution >= 0.6 is 0 Å². The lowest BCUT2D eigenvalue weighted by Crippen LogP contribution is -2.60. The van der Waals surface area contributed by atoms with E-state index >= 15 is 0 Å². The summed E-state index contributed by atoms with van der Waals surface area (Å²) in [6, 6.07) is 0. The summed E-state index contributed by atoms with van der Waals surface area (Å²) in [4.78, 5) is 0. The third kappa shape index (κ3) is 2.13.